The van der Waals surface area contributed by atoms with Crippen molar-refractivity contribution in [1.29, 1.82) is 0 Å². The summed E-state index contributed by atoms with van der Waals surface area (Å²) in [6.45, 7) is 4.21. The number of nitrogens with one attached hydrogen (secondary N) is 1. The lowest BCUT2D eigenvalue weighted by Crippen LogP contribution is -2.00. The van der Waals surface area contributed by atoms with Crippen molar-refractivity contribution in [3.05, 3.63) is 71.9 Å². The molecule has 0 fully saturated rings. The summed E-state index contributed by atoms with van der Waals surface area (Å²) in [6, 6.07) is 18.1. The second-order valence-corrected chi connectivity index (χ2v) is 6.70. The van der Waals surface area contributed by atoms with Crippen molar-refractivity contribution >= 4 is 17.2 Å². The van der Waals surface area contributed by atoms with Crippen LogP contribution in [0.3, 0.4) is 0 Å². The molecule has 4 rings (SSSR count). The first-order valence-electron chi connectivity index (χ1n) is 9.15. The molecule has 5 nitrogen and oxygen atoms in total. The van der Waals surface area contributed by atoms with Gasteiger partial charge in [0.2, 0.25) is 0 Å². The maximum atomic E-state index is 5.49. The predicted octanol–water partition coefficient (Wildman–Crippen LogP) is 5.38. The average Bonchev–Trinajstić information content (AvgIpc) is 3.08. The molecule has 0 atom stereocenters. The molecule has 0 saturated heterocycles. The SMILES string of the molecule is COc1ccc(-c2nc3ccccn3c2Nc2c(C)cccc2C)cc1OC. The van der Waals surface area contributed by atoms with Crippen LogP contribution in [0.5, 0.6) is 11.5 Å². The van der Waals surface area contributed by atoms with Crippen molar-refractivity contribution in [2.45, 2.75) is 13.8 Å². The molecule has 0 unspecified atom stereocenters. The fourth-order valence-electron chi connectivity index (χ4n) is 3.43. The quantitative estimate of drug-likeness (QED) is 0.510. The Morgan fingerprint density at radius 3 is 2.32 bits per heavy atom. The van der Waals surface area contributed by atoms with Crippen molar-refractivity contribution in [3.63, 3.8) is 0 Å². The summed E-state index contributed by atoms with van der Waals surface area (Å²) in [5.74, 6) is 2.29. The van der Waals surface area contributed by atoms with Crippen LogP contribution in [0.4, 0.5) is 11.5 Å². The van der Waals surface area contributed by atoms with Crippen molar-refractivity contribution < 1.29 is 9.47 Å². The molecule has 0 saturated carbocycles. The summed E-state index contributed by atoms with van der Waals surface area (Å²) in [5, 5.41) is 3.63. The number of ether oxygens (including phenoxy) is 2. The summed E-state index contributed by atoms with van der Waals surface area (Å²) in [7, 11) is 3.28. The Labute approximate surface area is 164 Å². The fraction of sp³-hybridized carbons (Fsp3) is 0.174. The molecular weight excluding hydrogens is 350 g/mol. The summed E-state index contributed by atoms with van der Waals surface area (Å²) in [4.78, 5) is 4.87. The zero-order valence-electron chi connectivity index (χ0n) is 16.5. The molecule has 2 heterocycles. The summed E-state index contributed by atoms with van der Waals surface area (Å²) < 4.78 is 12.9. The van der Waals surface area contributed by atoms with E-state index >= 15 is 0 Å². The topological polar surface area (TPSA) is 47.8 Å². The lowest BCUT2D eigenvalue weighted by molar-refractivity contribution is 0.355. The van der Waals surface area contributed by atoms with Crippen LogP contribution in [0.25, 0.3) is 16.9 Å². The number of benzene rings is 2. The highest BCUT2D eigenvalue weighted by Crippen LogP contribution is 2.37. The molecule has 4 aromatic rings. The van der Waals surface area contributed by atoms with E-state index in [0.29, 0.717) is 11.5 Å². The van der Waals surface area contributed by atoms with E-state index in [1.807, 2.05) is 42.6 Å². The van der Waals surface area contributed by atoms with Gasteiger partial charge in [-0.1, -0.05) is 24.3 Å². The highest BCUT2D eigenvalue weighted by molar-refractivity contribution is 5.82. The zero-order chi connectivity index (χ0) is 19.7. The Hall–Kier alpha value is -3.47. The molecule has 1 N–H and O–H groups in total. The number of fused-ring (bicyclic) bond motifs is 1. The zero-order valence-corrected chi connectivity index (χ0v) is 16.5. The lowest BCUT2D eigenvalue weighted by Gasteiger charge is -2.14. The maximum absolute atomic E-state index is 5.49. The Bertz CT molecular complexity index is 1130. The maximum Gasteiger partial charge on any atom is 0.161 e. The Kier molecular flexibility index (Phi) is 4.65. The van der Waals surface area contributed by atoms with Crippen LogP contribution in [-0.4, -0.2) is 23.6 Å². The van der Waals surface area contributed by atoms with Gasteiger partial charge in [0.05, 0.1) is 14.2 Å². The van der Waals surface area contributed by atoms with Gasteiger partial charge in [0.15, 0.2) is 11.5 Å². The van der Waals surface area contributed by atoms with Crippen LogP contribution in [0.15, 0.2) is 60.8 Å². The van der Waals surface area contributed by atoms with E-state index < -0.39 is 0 Å². The van der Waals surface area contributed by atoms with Crippen LogP contribution < -0.4 is 14.8 Å². The third-order valence-electron chi connectivity index (χ3n) is 4.91. The molecule has 142 valence electrons. The van der Waals surface area contributed by atoms with Gasteiger partial charge < -0.3 is 14.8 Å². The van der Waals surface area contributed by atoms with Crippen LogP contribution in [0.2, 0.25) is 0 Å². The van der Waals surface area contributed by atoms with Gasteiger partial charge in [-0.2, -0.15) is 0 Å². The molecule has 0 spiro atoms. The van der Waals surface area contributed by atoms with Gasteiger partial charge in [-0.3, -0.25) is 4.40 Å². The van der Waals surface area contributed by atoms with E-state index in [2.05, 4.69) is 41.8 Å². The van der Waals surface area contributed by atoms with Crippen molar-refractivity contribution in [1.82, 2.24) is 9.38 Å². The molecule has 2 aromatic carbocycles. The summed E-state index contributed by atoms with van der Waals surface area (Å²) in [5.41, 5.74) is 6.15. The standard InChI is InChI=1S/C23H23N3O2/c1-15-8-7-9-16(2)21(15)25-23-22(24-20-10-5-6-13-26(20)23)17-11-12-18(27-3)19(14-17)28-4/h5-14,25H,1-4H3. The molecule has 0 aliphatic rings. The minimum Gasteiger partial charge on any atom is -0.493 e. The first kappa shape index (κ1) is 17.9. The molecule has 0 amide bonds. The normalized spacial score (nSPS) is 10.9. The number of hydrogen-bond donors (Lipinski definition) is 1. The monoisotopic (exact) mass is 373 g/mol. The number of pyridine rings is 1. The van der Waals surface area contributed by atoms with Crippen LogP contribution in [-0.2, 0) is 0 Å². The highest BCUT2D eigenvalue weighted by atomic mass is 16.5. The lowest BCUT2D eigenvalue weighted by atomic mass is 10.1. The van der Waals surface area contributed by atoms with E-state index in [1.54, 1.807) is 14.2 Å². The van der Waals surface area contributed by atoms with Gasteiger partial charge in [-0.25, -0.2) is 4.98 Å². The number of nitrogens with zero attached hydrogens (tertiary/aromatic N) is 2. The molecule has 0 radical (unpaired) electrons. The molecule has 28 heavy (non-hydrogen) atoms. The predicted molar refractivity (Wildman–Crippen MR) is 113 cm³/mol. The first-order valence-corrected chi connectivity index (χ1v) is 9.15. The average molecular weight is 373 g/mol. The summed E-state index contributed by atoms with van der Waals surface area (Å²) in [6.07, 6.45) is 2.02. The van der Waals surface area contributed by atoms with E-state index in [9.17, 15) is 0 Å². The van der Waals surface area contributed by atoms with Crippen molar-refractivity contribution in [2.75, 3.05) is 19.5 Å². The number of imidazole rings is 1. The third-order valence-corrected chi connectivity index (χ3v) is 4.91. The van der Waals surface area contributed by atoms with E-state index in [4.69, 9.17) is 14.5 Å². The van der Waals surface area contributed by atoms with Crippen molar-refractivity contribution in [3.8, 4) is 22.8 Å². The molecule has 0 aliphatic heterocycles. The second kappa shape index (κ2) is 7.27. The summed E-state index contributed by atoms with van der Waals surface area (Å²) >= 11 is 0. The van der Waals surface area contributed by atoms with E-state index in [1.165, 1.54) is 11.1 Å². The number of hydrogen-bond acceptors (Lipinski definition) is 4. The number of methoxy groups -OCH3 is 2. The Balaban J connectivity index is 1.91. The van der Waals surface area contributed by atoms with E-state index in [-0.39, 0.29) is 0 Å². The van der Waals surface area contributed by atoms with Gasteiger partial charge >= 0.3 is 0 Å². The third kappa shape index (κ3) is 3.05. The smallest absolute Gasteiger partial charge is 0.161 e. The number of aryl methyl sites for hydroxylation is 2. The van der Waals surface area contributed by atoms with Crippen molar-refractivity contribution in [2.24, 2.45) is 0 Å². The van der Waals surface area contributed by atoms with E-state index in [0.717, 1.165) is 28.4 Å². The molecular formula is C23H23N3O2. The van der Waals surface area contributed by atoms with Gasteiger partial charge in [0.25, 0.3) is 0 Å². The molecule has 0 aliphatic carbocycles. The fourth-order valence-corrected chi connectivity index (χ4v) is 3.43. The van der Waals surface area contributed by atoms with Crippen LogP contribution in [0.1, 0.15) is 11.1 Å². The number of para-hydroxylation sites is 1. The minimum atomic E-state index is 0.676. The molecule has 0 bridgehead atoms. The largest absolute Gasteiger partial charge is 0.493 e. The number of aromatic nitrogens is 2. The van der Waals surface area contributed by atoms with Gasteiger partial charge in [-0.05, 0) is 55.3 Å². The first-order chi connectivity index (χ1) is 13.6. The minimum absolute atomic E-state index is 0.676. The Morgan fingerprint density at radius 2 is 1.61 bits per heavy atom. The number of anilines is 2. The molecule has 2 aromatic heterocycles. The van der Waals surface area contributed by atoms with Gasteiger partial charge in [-0.15, -0.1) is 0 Å². The molecule has 5 heteroatoms. The van der Waals surface area contributed by atoms with Crippen LogP contribution >= 0.6 is 0 Å². The van der Waals surface area contributed by atoms with Crippen LogP contribution in [0, 0.1) is 13.8 Å². The van der Waals surface area contributed by atoms with Gasteiger partial charge in [0.1, 0.15) is 17.2 Å². The van der Waals surface area contributed by atoms with Gasteiger partial charge in [0, 0.05) is 17.4 Å². The highest BCUT2D eigenvalue weighted by Gasteiger charge is 2.17. The Morgan fingerprint density at radius 1 is 0.857 bits per heavy atom. The second-order valence-electron chi connectivity index (χ2n) is 6.70. The number of rotatable bonds is 5.